The van der Waals surface area contributed by atoms with Crippen LogP contribution in [-0.4, -0.2) is 48.4 Å². The van der Waals surface area contributed by atoms with Crippen molar-refractivity contribution in [2.45, 2.75) is 19.4 Å². The zero-order valence-electron chi connectivity index (χ0n) is 11.4. The third-order valence-corrected chi connectivity index (χ3v) is 4.15. The van der Waals surface area contributed by atoms with Crippen LogP contribution >= 0.6 is 11.6 Å². The minimum absolute atomic E-state index is 0.0217. The van der Waals surface area contributed by atoms with Gasteiger partial charge in [-0.05, 0) is 25.6 Å². The lowest BCUT2D eigenvalue weighted by Crippen LogP contribution is -2.53. The van der Waals surface area contributed by atoms with Gasteiger partial charge in [0.25, 0.3) is 5.91 Å². The van der Waals surface area contributed by atoms with Crippen molar-refractivity contribution in [3.8, 4) is 0 Å². The summed E-state index contributed by atoms with van der Waals surface area (Å²) in [6.07, 6.45) is 1.03. The van der Waals surface area contributed by atoms with Gasteiger partial charge < -0.3 is 10.6 Å². The lowest BCUT2D eigenvalue weighted by Gasteiger charge is -2.39. The molecule has 0 radical (unpaired) electrons. The molecule has 1 atom stereocenters. The van der Waals surface area contributed by atoms with Gasteiger partial charge in [-0.15, -0.1) is 0 Å². The SMILES string of the molecule is CCC1CN(C(=O)c2cccc(Cl)c2N)CCN1C. The minimum Gasteiger partial charge on any atom is -0.397 e. The summed E-state index contributed by atoms with van der Waals surface area (Å²) in [7, 11) is 2.10. The van der Waals surface area contributed by atoms with Gasteiger partial charge >= 0.3 is 0 Å². The average molecular weight is 282 g/mol. The van der Waals surface area contributed by atoms with Gasteiger partial charge in [0.05, 0.1) is 16.3 Å². The van der Waals surface area contributed by atoms with Crippen molar-refractivity contribution < 1.29 is 4.79 Å². The first-order valence-corrected chi connectivity index (χ1v) is 6.96. The maximum absolute atomic E-state index is 12.5. The molecule has 1 fully saturated rings. The number of piperazine rings is 1. The largest absolute Gasteiger partial charge is 0.397 e. The molecule has 19 heavy (non-hydrogen) atoms. The molecule has 1 aliphatic heterocycles. The molecule has 1 unspecified atom stereocenters. The number of carbonyl (C=O) groups excluding carboxylic acids is 1. The number of nitrogens with zero attached hydrogens (tertiary/aromatic N) is 2. The highest BCUT2D eigenvalue weighted by Gasteiger charge is 2.27. The summed E-state index contributed by atoms with van der Waals surface area (Å²) < 4.78 is 0. The van der Waals surface area contributed by atoms with E-state index in [4.69, 9.17) is 17.3 Å². The van der Waals surface area contributed by atoms with Crippen LogP contribution in [-0.2, 0) is 0 Å². The number of hydrogen-bond donors (Lipinski definition) is 1. The van der Waals surface area contributed by atoms with Gasteiger partial charge in [-0.3, -0.25) is 9.69 Å². The van der Waals surface area contributed by atoms with Gasteiger partial charge in [-0.2, -0.15) is 0 Å². The Bertz CT molecular complexity index is 478. The Balaban J connectivity index is 2.18. The van der Waals surface area contributed by atoms with Crippen molar-refractivity contribution >= 4 is 23.2 Å². The number of benzene rings is 1. The van der Waals surface area contributed by atoms with Crippen molar-refractivity contribution in [2.24, 2.45) is 0 Å². The van der Waals surface area contributed by atoms with Gasteiger partial charge in [0.15, 0.2) is 0 Å². The first-order valence-electron chi connectivity index (χ1n) is 6.58. The number of halogens is 1. The van der Waals surface area contributed by atoms with Crippen molar-refractivity contribution in [1.29, 1.82) is 0 Å². The zero-order chi connectivity index (χ0) is 14.0. The Labute approximate surface area is 119 Å². The zero-order valence-corrected chi connectivity index (χ0v) is 12.2. The van der Waals surface area contributed by atoms with Crippen LogP contribution in [0.3, 0.4) is 0 Å². The summed E-state index contributed by atoms with van der Waals surface area (Å²) in [5.41, 5.74) is 6.78. The first kappa shape index (κ1) is 14.2. The van der Waals surface area contributed by atoms with Crippen LogP contribution in [0, 0.1) is 0 Å². The summed E-state index contributed by atoms with van der Waals surface area (Å²) in [6.45, 7) is 4.52. The molecule has 4 nitrogen and oxygen atoms in total. The van der Waals surface area contributed by atoms with Crippen molar-refractivity contribution in [1.82, 2.24) is 9.80 Å². The van der Waals surface area contributed by atoms with E-state index >= 15 is 0 Å². The summed E-state index contributed by atoms with van der Waals surface area (Å²) in [5.74, 6) is -0.0217. The summed E-state index contributed by atoms with van der Waals surface area (Å²) >= 11 is 5.97. The van der Waals surface area contributed by atoms with E-state index in [2.05, 4.69) is 18.9 Å². The molecule has 0 spiro atoms. The maximum Gasteiger partial charge on any atom is 0.256 e. The van der Waals surface area contributed by atoms with E-state index in [0.29, 0.717) is 22.3 Å². The molecule has 2 rings (SSSR count). The first-order chi connectivity index (χ1) is 9.04. The third-order valence-electron chi connectivity index (χ3n) is 3.82. The highest BCUT2D eigenvalue weighted by molar-refractivity contribution is 6.33. The lowest BCUT2D eigenvalue weighted by atomic mass is 10.1. The van der Waals surface area contributed by atoms with E-state index < -0.39 is 0 Å². The number of nitrogens with two attached hydrogens (primary N) is 1. The smallest absolute Gasteiger partial charge is 0.256 e. The Morgan fingerprint density at radius 1 is 1.47 bits per heavy atom. The lowest BCUT2D eigenvalue weighted by molar-refractivity contribution is 0.0543. The number of likely N-dealkylation sites (N-methyl/N-ethyl adjacent to an activating group) is 1. The maximum atomic E-state index is 12.5. The van der Waals surface area contributed by atoms with E-state index in [9.17, 15) is 4.79 Å². The third kappa shape index (κ3) is 2.85. The summed E-state index contributed by atoms with van der Waals surface area (Å²) in [6, 6.07) is 5.62. The predicted molar refractivity (Wildman–Crippen MR) is 78.5 cm³/mol. The van der Waals surface area contributed by atoms with E-state index in [-0.39, 0.29) is 5.91 Å². The minimum atomic E-state index is -0.0217. The van der Waals surface area contributed by atoms with Crippen LogP contribution < -0.4 is 5.73 Å². The topological polar surface area (TPSA) is 49.6 Å². The van der Waals surface area contributed by atoms with Crippen LogP contribution in [0.1, 0.15) is 23.7 Å². The molecule has 0 saturated carbocycles. The monoisotopic (exact) mass is 281 g/mol. The van der Waals surface area contributed by atoms with Gasteiger partial charge in [-0.25, -0.2) is 0 Å². The fraction of sp³-hybridized carbons (Fsp3) is 0.500. The fourth-order valence-corrected chi connectivity index (χ4v) is 2.64. The van der Waals surface area contributed by atoms with Gasteiger partial charge in [0, 0.05) is 25.7 Å². The number of carbonyl (C=O) groups is 1. The summed E-state index contributed by atoms with van der Waals surface area (Å²) in [5, 5.41) is 0.437. The van der Waals surface area contributed by atoms with Gasteiger partial charge in [0.2, 0.25) is 0 Å². The molecule has 1 aromatic carbocycles. The fourth-order valence-electron chi connectivity index (χ4n) is 2.47. The van der Waals surface area contributed by atoms with Crippen LogP contribution in [0.25, 0.3) is 0 Å². The number of rotatable bonds is 2. The average Bonchev–Trinajstić information content (AvgIpc) is 2.41. The Hall–Kier alpha value is -1.26. The number of amides is 1. The molecular weight excluding hydrogens is 262 g/mol. The van der Waals surface area contributed by atoms with Crippen LogP contribution in [0.5, 0.6) is 0 Å². The van der Waals surface area contributed by atoms with Crippen molar-refractivity contribution in [3.05, 3.63) is 28.8 Å². The van der Waals surface area contributed by atoms with Crippen LogP contribution in [0.15, 0.2) is 18.2 Å². The van der Waals surface area contributed by atoms with Crippen LogP contribution in [0.2, 0.25) is 5.02 Å². The number of para-hydroxylation sites is 1. The number of nitrogen functional groups attached to an aromatic ring is 1. The quantitative estimate of drug-likeness (QED) is 0.845. The second-order valence-electron chi connectivity index (χ2n) is 4.99. The van der Waals surface area contributed by atoms with E-state index in [1.54, 1.807) is 18.2 Å². The standard InChI is InChI=1S/C14H20ClN3O/c1-3-10-9-18(8-7-17(10)2)14(19)11-5-4-6-12(15)13(11)16/h4-6,10H,3,7-9,16H2,1-2H3. The molecule has 1 aromatic rings. The molecule has 0 aromatic heterocycles. The van der Waals surface area contributed by atoms with Crippen molar-refractivity contribution in [2.75, 3.05) is 32.4 Å². The molecule has 0 bridgehead atoms. The highest BCUT2D eigenvalue weighted by atomic mass is 35.5. The van der Waals surface area contributed by atoms with Crippen LogP contribution in [0.4, 0.5) is 5.69 Å². The predicted octanol–water partition coefficient (Wildman–Crippen LogP) is 2.09. The van der Waals surface area contributed by atoms with Gasteiger partial charge in [-0.1, -0.05) is 24.6 Å². The number of hydrogen-bond acceptors (Lipinski definition) is 3. The highest BCUT2D eigenvalue weighted by Crippen LogP contribution is 2.24. The Morgan fingerprint density at radius 3 is 2.89 bits per heavy atom. The molecule has 2 N–H and O–H groups in total. The Morgan fingerprint density at radius 2 is 2.21 bits per heavy atom. The number of anilines is 1. The molecule has 5 heteroatoms. The molecule has 1 amide bonds. The van der Waals surface area contributed by atoms with E-state index in [1.165, 1.54) is 0 Å². The molecule has 104 valence electrons. The van der Waals surface area contributed by atoms with E-state index in [1.807, 2.05) is 4.90 Å². The van der Waals surface area contributed by atoms with Crippen molar-refractivity contribution in [3.63, 3.8) is 0 Å². The molecule has 1 heterocycles. The van der Waals surface area contributed by atoms with Gasteiger partial charge in [0.1, 0.15) is 0 Å². The molecular formula is C14H20ClN3O. The Kier molecular flexibility index (Phi) is 4.32. The second-order valence-corrected chi connectivity index (χ2v) is 5.40. The molecule has 1 saturated heterocycles. The normalized spacial score (nSPS) is 20.6. The van der Waals surface area contributed by atoms with E-state index in [0.717, 1.165) is 26.1 Å². The molecule has 0 aliphatic carbocycles. The second kappa shape index (κ2) is 5.80. The molecule has 1 aliphatic rings. The summed E-state index contributed by atoms with van der Waals surface area (Å²) in [4.78, 5) is 16.7.